The molecule has 0 saturated carbocycles. The Bertz CT molecular complexity index is 1150. The first-order valence-corrected chi connectivity index (χ1v) is 9.45. The smallest absolute Gasteiger partial charge is 0.260 e. The van der Waals surface area contributed by atoms with Crippen LogP contribution in [0, 0.1) is 0 Å². The second kappa shape index (κ2) is 8.65. The van der Waals surface area contributed by atoms with Crippen LogP contribution in [0.25, 0.3) is 22.2 Å². The largest absolute Gasteiger partial charge is 0.497 e. The lowest BCUT2D eigenvalue weighted by molar-refractivity contribution is -0.132. The maximum Gasteiger partial charge on any atom is 0.260 e. The maximum absolute atomic E-state index is 12.5. The van der Waals surface area contributed by atoms with Gasteiger partial charge in [-0.2, -0.15) is 4.98 Å². The van der Waals surface area contributed by atoms with Crippen LogP contribution in [-0.4, -0.2) is 41.7 Å². The molecule has 1 aromatic heterocycles. The number of carbonyl (C=O) groups is 1. The predicted molar refractivity (Wildman–Crippen MR) is 112 cm³/mol. The fraction of sp³-hybridized carbons (Fsp3) is 0.174. The molecule has 0 fully saturated rings. The first kappa shape index (κ1) is 19.4. The van der Waals surface area contributed by atoms with Gasteiger partial charge < -0.3 is 18.9 Å². The SMILES string of the molecule is COc1ccc(-c2noc(CN(C)C(=O)COc3cccc4ccccc34)n2)cc1. The molecule has 1 amide bonds. The minimum absolute atomic E-state index is 0.0794. The number of nitrogens with zero attached hydrogens (tertiary/aromatic N) is 3. The number of hydrogen-bond acceptors (Lipinski definition) is 6. The van der Waals surface area contributed by atoms with Gasteiger partial charge in [-0.1, -0.05) is 41.6 Å². The van der Waals surface area contributed by atoms with Crippen LogP contribution in [-0.2, 0) is 11.3 Å². The zero-order valence-corrected chi connectivity index (χ0v) is 16.7. The van der Waals surface area contributed by atoms with E-state index in [2.05, 4.69) is 10.1 Å². The monoisotopic (exact) mass is 403 g/mol. The number of fused-ring (bicyclic) bond motifs is 1. The highest BCUT2D eigenvalue weighted by Gasteiger charge is 2.16. The van der Waals surface area contributed by atoms with Crippen molar-refractivity contribution in [1.29, 1.82) is 0 Å². The van der Waals surface area contributed by atoms with E-state index in [1.165, 1.54) is 4.90 Å². The van der Waals surface area contributed by atoms with Crippen LogP contribution in [0.3, 0.4) is 0 Å². The Labute approximate surface area is 173 Å². The predicted octanol–water partition coefficient (Wildman–Crippen LogP) is 3.94. The van der Waals surface area contributed by atoms with Gasteiger partial charge >= 0.3 is 0 Å². The number of amides is 1. The Balaban J connectivity index is 1.37. The molecule has 7 nitrogen and oxygen atoms in total. The molecule has 7 heteroatoms. The fourth-order valence-corrected chi connectivity index (χ4v) is 3.04. The number of benzene rings is 3. The molecule has 4 rings (SSSR count). The molecule has 0 saturated heterocycles. The van der Waals surface area contributed by atoms with E-state index in [9.17, 15) is 4.79 Å². The molecule has 0 unspecified atom stereocenters. The zero-order valence-electron chi connectivity index (χ0n) is 16.7. The van der Waals surface area contributed by atoms with E-state index in [4.69, 9.17) is 14.0 Å². The van der Waals surface area contributed by atoms with Gasteiger partial charge in [0.2, 0.25) is 11.7 Å². The molecule has 0 atom stereocenters. The zero-order chi connectivity index (χ0) is 20.9. The Hall–Kier alpha value is -3.87. The molecule has 0 bridgehead atoms. The maximum atomic E-state index is 12.5. The summed E-state index contributed by atoms with van der Waals surface area (Å²) < 4.78 is 16.2. The number of ether oxygens (including phenoxy) is 2. The summed E-state index contributed by atoms with van der Waals surface area (Å²) in [5.41, 5.74) is 0.805. The summed E-state index contributed by atoms with van der Waals surface area (Å²) in [6, 6.07) is 21.0. The molecule has 0 spiro atoms. The third-order valence-corrected chi connectivity index (χ3v) is 4.72. The van der Waals surface area contributed by atoms with Crippen molar-refractivity contribution in [2.24, 2.45) is 0 Å². The highest BCUT2D eigenvalue weighted by atomic mass is 16.5. The van der Waals surface area contributed by atoms with Crippen LogP contribution in [0.4, 0.5) is 0 Å². The highest BCUT2D eigenvalue weighted by molar-refractivity contribution is 5.88. The van der Waals surface area contributed by atoms with Crippen molar-refractivity contribution in [3.8, 4) is 22.9 Å². The standard InChI is InChI=1S/C23H21N3O4/c1-26(14-21-24-23(25-30-21)17-10-12-18(28-2)13-11-17)22(27)15-29-20-9-5-7-16-6-3-4-8-19(16)20/h3-13H,14-15H2,1-2H3. The van der Waals surface area contributed by atoms with Crippen LogP contribution in [0.2, 0.25) is 0 Å². The average Bonchev–Trinajstić information content (AvgIpc) is 3.25. The molecular weight excluding hydrogens is 382 g/mol. The van der Waals surface area contributed by atoms with Gasteiger partial charge in [-0.3, -0.25) is 4.79 Å². The molecule has 3 aromatic carbocycles. The van der Waals surface area contributed by atoms with Crippen molar-refractivity contribution in [1.82, 2.24) is 15.0 Å². The van der Waals surface area contributed by atoms with E-state index in [-0.39, 0.29) is 19.1 Å². The fourth-order valence-electron chi connectivity index (χ4n) is 3.04. The molecule has 0 aliphatic rings. The highest BCUT2D eigenvalue weighted by Crippen LogP contribution is 2.25. The van der Waals surface area contributed by atoms with E-state index in [1.807, 2.05) is 66.7 Å². The summed E-state index contributed by atoms with van der Waals surface area (Å²) in [4.78, 5) is 18.4. The number of likely N-dealkylation sites (N-methyl/N-ethyl adjacent to an activating group) is 1. The van der Waals surface area contributed by atoms with Gasteiger partial charge in [0.1, 0.15) is 11.5 Å². The van der Waals surface area contributed by atoms with Gasteiger partial charge in [0.05, 0.1) is 13.7 Å². The van der Waals surface area contributed by atoms with E-state index >= 15 is 0 Å². The molecular formula is C23H21N3O4. The molecule has 30 heavy (non-hydrogen) atoms. The van der Waals surface area contributed by atoms with Crippen molar-refractivity contribution in [3.63, 3.8) is 0 Å². The van der Waals surface area contributed by atoms with Crippen LogP contribution >= 0.6 is 0 Å². The molecule has 1 heterocycles. The summed E-state index contributed by atoms with van der Waals surface area (Å²) >= 11 is 0. The van der Waals surface area contributed by atoms with Crippen LogP contribution < -0.4 is 9.47 Å². The topological polar surface area (TPSA) is 77.7 Å². The van der Waals surface area contributed by atoms with Crippen molar-refractivity contribution in [3.05, 3.63) is 72.6 Å². The van der Waals surface area contributed by atoms with Crippen LogP contribution in [0.1, 0.15) is 5.89 Å². The number of hydrogen-bond donors (Lipinski definition) is 0. The van der Waals surface area contributed by atoms with Crippen molar-refractivity contribution < 1.29 is 18.8 Å². The van der Waals surface area contributed by atoms with E-state index in [0.29, 0.717) is 17.5 Å². The summed E-state index contributed by atoms with van der Waals surface area (Å²) in [6.45, 7) is 0.116. The van der Waals surface area contributed by atoms with Crippen molar-refractivity contribution in [2.75, 3.05) is 20.8 Å². The molecule has 0 aliphatic carbocycles. The Kier molecular flexibility index (Phi) is 5.61. The lowest BCUT2D eigenvalue weighted by Crippen LogP contribution is -2.31. The van der Waals surface area contributed by atoms with Gasteiger partial charge in [-0.25, -0.2) is 0 Å². The molecule has 4 aromatic rings. The first-order valence-electron chi connectivity index (χ1n) is 9.45. The number of carbonyl (C=O) groups excluding carboxylic acids is 1. The average molecular weight is 403 g/mol. The summed E-state index contributed by atoms with van der Waals surface area (Å²) in [5, 5.41) is 6.02. The van der Waals surface area contributed by atoms with Gasteiger partial charge in [0, 0.05) is 18.0 Å². The third-order valence-electron chi connectivity index (χ3n) is 4.72. The lowest BCUT2D eigenvalue weighted by Gasteiger charge is -2.16. The van der Waals surface area contributed by atoms with E-state index < -0.39 is 0 Å². The van der Waals surface area contributed by atoms with Gasteiger partial charge in [0.25, 0.3) is 5.91 Å². The second-order valence-electron chi connectivity index (χ2n) is 6.76. The molecule has 152 valence electrons. The number of methoxy groups -OCH3 is 1. The van der Waals surface area contributed by atoms with Crippen LogP contribution in [0.15, 0.2) is 71.3 Å². The molecule has 0 aliphatic heterocycles. The Morgan fingerprint density at radius 2 is 1.80 bits per heavy atom. The Morgan fingerprint density at radius 1 is 1.03 bits per heavy atom. The molecule has 0 radical (unpaired) electrons. The lowest BCUT2D eigenvalue weighted by atomic mass is 10.1. The van der Waals surface area contributed by atoms with Gasteiger partial charge in [-0.15, -0.1) is 0 Å². The third kappa shape index (κ3) is 4.25. The van der Waals surface area contributed by atoms with Crippen molar-refractivity contribution in [2.45, 2.75) is 6.54 Å². The Morgan fingerprint density at radius 3 is 2.60 bits per heavy atom. The summed E-state index contributed by atoms with van der Waals surface area (Å²) in [7, 11) is 3.28. The second-order valence-corrected chi connectivity index (χ2v) is 6.76. The minimum atomic E-state index is -0.188. The summed E-state index contributed by atoms with van der Waals surface area (Å²) in [5.74, 6) is 2.04. The first-order chi connectivity index (χ1) is 14.6. The minimum Gasteiger partial charge on any atom is -0.497 e. The number of rotatable bonds is 7. The summed E-state index contributed by atoms with van der Waals surface area (Å²) in [6.07, 6.45) is 0. The van der Waals surface area contributed by atoms with E-state index in [1.54, 1.807) is 14.2 Å². The number of aromatic nitrogens is 2. The molecule has 0 N–H and O–H groups in total. The van der Waals surface area contributed by atoms with Crippen LogP contribution in [0.5, 0.6) is 11.5 Å². The van der Waals surface area contributed by atoms with Gasteiger partial charge in [0.15, 0.2) is 6.61 Å². The van der Waals surface area contributed by atoms with E-state index in [0.717, 1.165) is 22.1 Å². The normalized spacial score (nSPS) is 10.7. The van der Waals surface area contributed by atoms with Gasteiger partial charge in [-0.05, 0) is 35.7 Å². The van der Waals surface area contributed by atoms with Crippen molar-refractivity contribution >= 4 is 16.7 Å². The quantitative estimate of drug-likeness (QED) is 0.465.